The van der Waals surface area contributed by atoms with E-state index in [9.17, 15) is 8.42 Å². The van der Waals surface area contributed by atoms with Gasteiger partial charge in [-0.15, -0.1) is 24.0 Å². The van der Waals surface area contributed by atoms with Crippen LogP contribution in [0.3, 0.4) is 0 Å². The summed E-state index contributed by atoms with van der Waals surface area (Å²) in [6.07, 6.45) is 1.76. The van der Waals surface area contributed by atoms with E-state index in [4.69, 9.17) is 4.42 Å². The largest absolute Gasteiger partial charge is 0.443 e. The number of hydrogen-bond donors (Lipinski definition) is 3. The molecule has 10 heteroatoms. The van der Waals surface area contributed by atoms with Crippen molar-refractivity contribution >= 4 is 40.0 Å². The normalized spacial score (nSPS) is 12.4. The van der Waals surface area contributed by atoms with Gasteiger partial charge in [-0.2, -0.15) is 0 Å². The zero-order chi connectivity index (χ0) is 21.5. The Morgan fingerprint density at radius 3 is 2.30 bits per heavy atom. The third kappa shape index (κ3) is 8.60. The monoisotopic (exact) mass is 549 g/mol. The molecule has 0 amide bonds. The first kappa shape index (κ1) is 26.4. The van der Waals surface area contributed by atoms with Gasteiger partial charge in [0, 0.05) is 12.0 Å². The Kier molecular flexibility index (Phi) is 10.2. The molecule has 2 aromatic rings. The number of rotatable bonds is 8. The molecule has 168 valence electrons. The maximum absolute atomic E-state index is 11.6. The van der Waals surface area contributed by atoms with E-state index in [1.54, 1.807) is 18.3 Å². The predicted molar refractivity (Wildman–Crippen MR) is 130 cm³/mol. The van der Waals surface area contributed by atoms with Crippen LogP contribution in [0.4, 0.5) is 0 Å². The van der Waals surface area contributed by atoms with Gasteiger partial charge in [0.15, 0.2) is 5.96 Å². The van der Waals surface area contributed by atoms with Gasteiger partial charge in [0.1, 0.15) is 5.76 Å². The smallest absolute Gasteiger partial charge is 0.215 e. The zero-order valence-corrected chi connectivity index (χ0v) is 21.3. The summed E-state index contributed by atoms with van der Waals surface area (Å²) in [7, 11) is -1.86. The minimum absolute atomic E-state index is 0. The lowest BCUT2D eigenvalue weighted by Gasteiger charge is -2.13. The van der Waals surface area contributed by atoms with E-state index in [1.165, 1.54) is 7.05 Å². The lowest BCUT2D eigenvalue weighted by Crippen LogP contribution is -2.36. The Balaban J connectivity index is 0.00000450. The molecular formula is C20H32IN5O3S. The number of hydrogen-bond acceptors (Lipinski definition) is 5. The second-order valence-corrected chi connectivity index (χ2v) is 9.62. The third-order valence-electron chi connectivity index (χ3n) is 4.15. The number of halogens is 1. The van der Waals surface area contributed by atoms with E-state index in [0.29, 0.717) is 24.9 Å². The third-order valence-corrected chi connectivity index (χ3v) is 5.49. The topological polar surface area (TPSA) is 109 Å². The molecule has 30 heavy (non-hydrogen) atoms. The lowest BCUT2D eigenvalue weighted by atomic mass is 9.94. The van der Waals surface area contributed by atoms with Gasteiger partial charge in [-0.3, -0.25) is 0 Å². The summed E-state index contributed by atoms with van der Waals surface area (Å²) in [5.74, 6) is 2.07. The van der Waals surface area contributed by atoms with Crippen molar-refractivity contribution in [2.75, 3.05) is 13.6 Å². The van der Waals surface area contributed by atoms with Crippen LogP contribution in [0.5, 0.6) is 0 Å². The molecule has 1 aromatic carbocycles. The van der Waals surface area contributed by atoms with Crippen LogP contribution in [0.1, 0.15) is 50.5 Å². The average molecular weight is 549 g/mol. The van der Waals surface area contributed by atoms with Crippen molar-refractivity contribution in [1.29, 1.82) is 0 Å². The maximum Gasteiger partial charge on any atom is 0.215 e. The number of nitrogens with zero attached hydrogens (tertiary/aromatic N) is 2. The van der Waals surface area contributed by atoms with E-state index in [2.05, 4.69) is 46.1 Å². The van der Waals surface area contributed by atoms with Gasteiger partial charge in [-0.05, 0) is 25.1 Å². The van der Waals surface area contributed by atoms with Gasteiger partial charge in [0.2, 0.25) is 15.9 Å². The van der Waals surface area contributed by atoms with E-state index in [0.717, 1.165) is 23.4 Å². The van der Waals surface area contributed by atoms with E-state index in [-0.39, 0.29) is 35.1 Å². The van der Waals surface area contributed by atoms with Crippen LogP contribution in [0, 0.1) is 0 Å². The molecule has 0 atom stereocenters. The maximum atomic E-state index is 11.6. The van der Waals surface area contributed by atoms with Gasteiger partial charge < -0.3 is 15.1 Å². The van der Waals surface area contributed by atoms with Crippen molar-refractivity contribution < 1.29 is 12.8 Å². The van der Waals surface area contributed by atoms with Gasteiger partial charge in [-0.1, -0.05) is 45.0 Å². The lowest BCUT2D eigenvalue weighted by molar-refractivity contribution is 0.379. The molecule has 0 fully saturated rings. The van der Waals surface area contributed by atoms with E-state index >= 15 is 0 Å². The standard InChI is InChI=1S/C20H31N5O3S.HI/c1-6-22-19(25-13-18-23-12-17(28-18)20(2,3)4)24-11-15-7-9-16(10-8-15)14-29(26,27)21-5;/h7-10,12,21H,6,11,13-14H2,1-5H3,(H2,22,24,25);1H. The molecule has 2 rings (SSSR count). The molecule has 0 spiro atoms. The number of aromatic nitrogens is 1. The summed E-state index contributed by atoms with van der Waals surface area (Å²) < 4.78 is 31.4. The summed E-state index contributed by atoms with van der Waals surface area (Å²) in [4.78, 5) is 8.88. The number of nitrogens with one attached hydrogen (secondary N) is 3. The van der Waals surface area contributed by atoms with E-state index in [1.807, 2.05) is 19.1 Å². The quantitative estimate of drug-likeness (QED) is 0.266. The first-order valence-electron chi connectivity index (χ1n) is 9.59. The molecule has 8 nitrogen and oxygen atoms in total. The molecule has 0 unspecified atom stereocenters. The number of guanidine groups is 1. The molecule has 0 saturated carbocycles. The highest BCUT2D eigenvalue weighted by atomic mass is 127. The van der Waals surface area contributed by atoms with Crippen molar-refractivity contribution in [3.8, 4) is 0 Å². The second kappa shape index (κ2) is 11.7. The molecule has 0 radical (unpaired) electrons. The predicted octanol–water partition coefficient (Wildman–Crippen LogP) is 2.89. The highest BCUT2D eigenvalue weighted by Crippen LogP contribution is 2.22. The first-order valence-corrected chi connectivity index (χ1v) is 11.2. The Hall–Kier alpha value is -1.66. The minimum Gasteiger partial charge on any atom is -0.443 e. The molecule has 0 aliphatic carbocycles. The Bertz CT molecular complexity index is 919. The molecule has 0 saturated heterocycles. The van der Waals surface area contributed by atoms with Crippen LogP contribution in [0.15, 0.2) is 39.9 Å². The molecule has 0 aliphatic rings. The summed E-state index contributed by atoms with van der Waals surface area (Å²) in [6.45, 7) is 9.86. The van der Waals surface area contributed by atoms with Crippen molar-refractivity contribution in [3.63, 3.8) is 0 Å². The first-order chi connectivity index (χ1) is 13.6. The molecule has 1 heterocycles. The molecular weight excluding hydrogens is 517 g/mol. The second-order valence-electron chi connectivity index (χ2n) is 7.70. The van der Waals surface area contributed by atoms with Crippen molar-refractivity contribution in [2.45, 2.75) is 52.0 Å². The highest BCUT2D eigenvalue weighted by molar-refractivity contribution is 14.0. The van der Waals surface area contributed by atoms with Gasteiger partial charge in [0.25, 0.3) is 0 Å². The van der Waals surface area contributed by atoms with Crippen molar-refractivity contribution in [1.82, 2.24) is 20.3 Å². The summed E-state index contributed by atoms with van der Waals surface area (Å²) in [5, 5.41) is 6.41. The van der Waals surface area contributed by atoms with Crippen LogP contribution < -0.4 is 15.4 Å². The van der Waals surface area contributed by atoms with Crippen LogP contribution in [-0.4, -0.2) is 33.0 Å². The van der Waals surface area contributed by atoms with Crippen LogP contribution in [-0.2, 0) is 34.3 Å². The van der Waals surface area contributed by atoms with Gasteiger partial charge in [0.05, 0.1) is 25.0 Å². The fraction of sp³-hybridized carbons (Fsp3) is 0.500. The summed E-state index contributed by atoms with van der Waals surface area (Å²) >= 11 is 0. The Morgan fingerprint density at radius 2 is 1.77 bits per heavy atom. The molecule has 0 bridgehead atoms. The number of sulfonamides is 1. The number of aliphatic imine (C=N–C) groups is 1. The molecule has 3 N–H and O–H groups in total. The van der Waals surface area contributed by atoms with Crippen LogP contribution in [0.25, 0.3) is 0 Å². The summed E-state index contributed by atoms with van der Waals surface area (Å²) in [5.41, 5.74) is 1.64. The molecule has 0 aliphatic heterocycles. The average Bonchev–Trinajstić information content (AvgIpc) is 3.14. The Morgan fingerprint density at radius 1 is 1.13 bits per heavy atom. The van der Waals surface area contributed by atoms with Crippen molar-refractivity contribution in [2.24, 2.45) is 4.99 Å². The number of benzene rings is 1. The van der Waals surface area contributed by atoms with Crippen molar-refractivity contribution in [3.05, 3.63) is 53.2 Å². The van der Waals surface area contributed by atoms with Crippen LogP contribution >= 0.6 is 24.0 Å². The van der Waals surface area contributed by atoms with E-state index < -0.39 is 10.0 Å². The fourth-order valence-corrected chi connectivity index (χ4v) is 3.22. The fourth-order valence-electron chi connectivity index (χ4n) is 2.44. The van der Waals surface area contributed by atoms with Gasteiger partial charge >= 0.3 is 0 Å². The number of oxazole rings is 1. The van der Waals surface area contributed by atoms with Crippen LogP contribution in [0.2, 0.25) is 0 Å². The minimum atomic E-state index is -3.27. The highest BCUT2D eigenvalue weighted by Gasteiger charge is 2.19. The van der Waals surface area contributed by atoms with Gasteiger partial charge in [-0.25, -0.2) is 23.1 Å². The zero-order valence-electron chi connectivity index (χ0n) is 18.2. The summed E-state index contributed by atoms with van der Waals surface area (Å²) in [6, 6.07) is 7.39. The molecule has 1 aromatic heterocycles. The SMILES string of the molecule is CCNC(=NCc1ccc(CS(=O)(=O)NC)cc1)NCc1ncc(C(C)(C)C)o1.I. The Labute approximate surface area is 196 Å².